The summed E-state index contributed by atoms with van der Waals surface area (Å²) in [5.74, 6) is 0.640. The van der Waals surface area contributed by atoms with Crippen molar-refractivity contribution in [3.8, 4) is 0 Å². The second-order valence-corrected chi connectivity index (χ2v) is 9.59. The van der Waals surface area contributed by atoms with Crippen LogP contribution in [0.4, 0.5) is 26.2 Å². The highest BCUT2D eigenvalue weighted by Gasteiger charge is 2.31. The van der Waals surface area contributed by atoms with Gasteiger partial charge in [-0.05, 0) is 38.4 Å². The van der Waals surface area contributed by atoms with Crippen LogP contribution in [0.2, 0.25) is 0 Å². The van der Waals surface area contributed by atoms with Gasteiger partial charge >= 0.3 is 0 Å². The van der Waals surface area contributed by atoms with Crippen molar-refractivity contribution in [1.82, 2.24) is 30.0 Å². The fourth-order valence-corrected chi connectivity index (χ4v) is 4.75. The summed E-state index contributed by atoms with van der Waals surface area (Å²) < 4.78 is 28.3. The van der Waals surface area contributed by atoms with Gasteiger partial charge in [0.25, 0.3) is 5.91 Å². The second-order valence-electron chi connectivity index (χ2n) is 9.59. The first-order valence-corrected chi connectivity index (χ1v) is 12.2. The first-order chi connectivity index (χ1) is 17.4. The van der Waals surface area contributed by atoms with Crippen molar-refractivity contribution in [3.05, 3.63) is 59.0 Å². The van der Waals surface area contributed by atoms with Crippen LogP contribution in [0.1, 0.15) is 28.3 Å². The second kappa shape index (κ2) is 10.2. The first-order valence-electron chi connectivity index (χ1n) is 12.2. The minimum Gasteiger partial charge on any atom is -0.354 e. The number of halogens is 2. The molecule has 0 aliphatic carbocycles. The van der Waals surface area contributed by atoms with E-state index in [1.54, 1.807) is 0 Å². The van der Waals surface area contributed by atoms with Crippen LogP contribution in [0.25, 0.3) is 0 Å². The molecule has 2 fully saturated rings. The van der Waals surface area contributed by atoms with Gasteiger partial charge in [0, 0.05) is 63.5 Å². The molecule has 2 saturated heterocycles. The summed E-state index contributed by atoms with van der Waals surface area (Å²) in [5, 5.41) is 10.4. The molecule has 1 atom stereocenters. The Bertz CT molecular complexity index is 1220. The first kappa shape index (κ1) is 24.1. The number of likely N-dealkylation sites (N-methyl/N-ethyl adjacent to an activating group) is 1. The third-order valence-corrected chi connectivity index (χ3v) is 6.77. The van der Waals surface area contributed by atoms with Gasteiger partial charge in [-0.25, -0.2) is 18.7 Å². The molecular formula is C25H30F2N8O. The largest absolute Gasteiger partial charge is 0.354 e. The Kier molecular flexibility index (Phi) is 6.82. The Labute approximate surface area is 208 Å². The van der Waals surface area contributed by atoms with Crippen molar-refractivity contribution in [2.45, 2.75) is 19.8 Å². The summed E-state index contributed by atoms with van der Waals surface area (Å²) in [6, 6.07) is 7.31. The van der Waals surface area contributed by atoms with E-state index in [1.165, 1.54) is 11.0 Å². The van der Waals surface area contributed by atoms with Crippen molar-refractivity contribution >= 4 is 23.4 Å². The predicted octanol–water partition coefficient (Wildman–Crippen LogP) is 2.99. The molecule has 0 radical (unpaired) electrons. The molecule has 9 nitrogen and oxygen atoms in total. The zero-order valence-electron chi connectivity index (χ0n) is 20.5. The number of aryl methyl sites for hydroxylation is 1. The minimum atomic E-state index is -0.837. The number of rotatable bonds is 6. The highest BCUT2D eigenvalue weighted by atomic mass is 19.1. The molecule has 1 amide bonds. The summed E-state index contributed by atoms with van der Waals surface area (Å²) in [5.41, 5.74) is 0.445. The van der Waals surface area contributed by atoms with Gasteiger partial charge in [0.2, 0.25) is 0 Å². The van der Waals surface area contributed by atoms with E-state index in [4.69, 9.17) is 9.97 Å². The average Bonchev–Trinajstić information content (AvgIpc) is 3.48. The van der Waals surface area contributed by atoms with Crippen LogP contribution in [-0.2, 0) is 6.42 Å². The maximum Gasteiger partial charge on any atom is 0.259 e. The normalized spacial score (nSPS) is 18.6. The van der Waals surface area contributed by atoms with Crippen LogP contribution in [0.3, 0.4) is 0 Å². The van der Waals surface area contributed by atoms with Gasteiger partial charge in [0.15, 0.2) is 5.82 Å². The van der Waals surface area contributed by atoms with Crippen molar-refractivity contribution < 1.29 is 13.6 Å². The lowest BCUT2D eigenvalue weighted by Gasteiger charge is -2.33. The number of carbonyl (C=O) groups is 1. The number of carbonyl (C=O) groups excluding carboxylic acids is 1. The highest BCUT2D eigenvalue weighted by Crippen LogP contribution is 2.26. The quantitative estimate of drug-likeness (QED) is 0.542. The zero-order chi connectivity index (χ0) is 25.2. The molecule has 36 heavy (non-hydrogen) atoms. The molecule has 1 unspecified atom stereocenters. The van der Waals surface area contributed by atoms with Gasteiger partial charge in [0.05, 0.1) is 0 Å². The Morgan fingerprint density at radius 2 is 1.83 bits per heavy atom. The van der Waals surface area contributed by atoms with Crippen LogP contribution in [-0.4, -0.2) is 82.2 Å². The van der Waals surface area contributed by atoms with Crippen molar-refractivity contribution in [1.29, 1.82) is 0 Å². The van der Waals surface area contributed by atoms with Crippen LogP contribution in [0, 0.1) is 24.5 Å². The molecule has 0 spiro atoms. The number of benzene rings is 1. The van der Waals surface area contributed by atoms with E-state index in [0.29, 0.717) is 43.4 Å². The standard InChI is InChI=1S/C25H30F2N8O/c1-16-12-22(32-31-16)29-21-14-23(34-10-8-33(2)9-11-34)30-20(28-21)13-17-6-7-35(15-17)25(36)24-18(26)4-3-5-19(24)27/h3-5,12,14,17H,6-11,13,15H2,1-2H3,(H2,28,29,30,31,32). The molecule has 1 aromatic carbocycles. The number of nitrogens with zero attached hydrogens (tertiary/aromatic N) is 6. The topological polar surface area (TPSA) is 93.3 Å². The van der Waals surface area contributed by atoms with E-state index in [1.807, 2.05) is 19.1 Å². The monoisotopic (exact) mass is 496 g/mol. The Morgan fingerprint density at radius 3 is 2.53 bits per heavy atom. The van der Waals surface area contributed by atoms with Gasteiger partial charge in [-0.15, -0.1) is 0 Å². The number of hydrogen-bond donors (Lipinski definition) is 2. The number of H-pyrrole nitrogens is 1. The molecule has 2 aliphatic heterocycles. The van der Waals surface area contributed by atoms with Gasteiger partial charge in [-0.2, -0.15) is 5.10 Å². The molecule has 5 rings (SSSR count). The number of aromatic nitrogens is 4. The van der Waals surface area contributed by atoms with Crippen LogP contribution in [0.5, 0.6) is 0 Å². The summed E-state index contributed by atoms with van der Waals surface area (Å²) in [4.78, 5) is 28.4. The highest BCUT2D eigenvalue weighted by molar-refractivity contribution is 5.95. The van der Waals surface area contributed by atoms with Gasteiger partial charge in [-0.3, -0.25) is 9.89 Å². The van der Waals surface area contributed by atoms with E-state index < -0.39 is 23.1 Å². The lowest BCUT2D eigenvalue weighted by Crippen LogP contribution is -2.45. The molecule has 190 valence electrons. The van der Waals surface area contributed by atoms with E-state index >= 15 is 0 Å². The van der Waals surface area contributed by atoms with Crippen LogP contribution in [0.15, 0.2) is 30.3 Å². The SMILES string of the molecule is Cc1cc(Nc2cc(N3CCN(C)CC3)nc(CC3CCN(C(=O)c4c(F)cccc4F)C3)n2)n[nH]1. The smallest absolute Gasteiger partial charge is 0.259 e. The van der Waals surface area contributed by atoms with E-state index in [2.05, 4.69) is 32.4 Å². The zero-order valence-corrected chi connectivity index (χ0v) is 20.5. The fourth-order valence-electron chi connectivity index (χ4n) is 4.75. The fraction of sp³-hybridized carbons (Fsp3) is 0.440. The van der Waals surface area contributed by atoms with E-state index in [0.717, 1.165) is 49.8 Å². The van der Waals surface area contributed by atoms with Crippen molar-refractivity contribution in [2.75, 3.05) is 56.5 Å². The molecule has 0 saturated carbocycles. The number of nitrogens with one attached hydrogen (secondary N) is 2. The maximum atomic E-state index is 14.1. The maximum absolute atomic E-state index is 14.1. The molecule has 0 bridgehead atoms. The molecule has 11 heteroatoms. The van der Waals surface area contributed by atoms with Gasteiger partial charge in [-0.1, -0.05) is 6.07 Å². The third-order valence-electron chi connectivity index (χ3n) is 6.77. The van der Waals surface area contributed by atoms with Crippen LogP contribution >= 0.6 is 0 Å². The van der Waals surface area contributed by atoms with Gasteiger partial charge in [0.1, 0.15) is 34.7 Å². The summed E-state index contributed by atoms with van der Waals surface area (Å²) >= 11 is 0. The number of aromatic amines is 1. The Hall–Kier alpha value is -3.60. The number of anilines is 3. The number of likely N-dealkylation sites (tertiary alicyclic amines) is 1. The van der Waals surface area contributed by atoms with E-state index in [-0.39, 0.29) is 5.92 Å². The molecule has 2 N–H and O–H groups in total. The predicted molar refractivity (Wildman–Crippen MR) is 132 cm³/mol. The third kappa shape index (κ3) is 5.30. The van der Waals surface area contributed by atoms with Crippen LogP contribution < -0.4 is 10.2 Å². The van der Waals surface area contributed by atoms with Crippen molar-refractivity contribution in [2.24, 2.45) is 5.92 Å². The number of piperazine rings is 1. The molecule has 2 aliphatic rings. The molecule has 2 aromatic heterocycles. The Balaban J connectivity index is 1.33. The van der Waals surface area contributed by atoms with Crippen molar-refractivity contribution in [3.63, 3.8) is 0 Å². The number of hydrogen-bond acceptors (Lipinski definition) is 7. The summed E-state index contributed by atoms with van der Waals surface area (Å²) in [7, 11) is 2.11. The molecule has 4 heterocycles. The summed E-state index contributed by atoms with van der Waals surface area (Å²) in [6.07, 6.45) is 1.27. The lowest BCUT2D eigenvalue weighted by molar-refractivity contribution is 0.0777. The minimum absolute atomic E-state index is 0.0898. The Morgan fingerprint density at radius 1 is 1.08 bits per heavy atom. The number of amides is 1. The molecular weight excluding hydrogens is 466 g/mol. The lowest BCUT2D eigenvalue weighted by atomic mass is 10.0. The molecule has 3 aromatic rings. The summed E-state index contributed by atoms with van der Waals surface area (Å²) in [6.45, 7) is 6.41. The van der Waals surface area contributed by atoms with Gasteiger partial charge < -0.3 is 20.0 Å². The average molecular weight is 497 g/mol. The van der Waals surface area contributed by atoms with E-state index in [9.17, 15) is 13.6 Å².